The number of benzene rings is 4. The van der Waals surface area contributed by atoms with Gasteiger partial charge in [0.05, 0.1) is 45.2 Å². The van der Waals surface area contributed by atoms with Crippen molar-refractivity contribution in [2.24, 2.45) is 0 Å². The Hall–Kier alpha value is -5.10. The lowest BCUT2D eigenvalue weighted by Gasteiger charge is -2.13. The van der Waals surface area contributed by atoms with E-state index in [-0.39, 0.29) is 50.1 Å². The number of ether oxygens (including phenoxy) is 4. The lowest BCUT2D eigenvalue weighted by Crippen LogP contribution is -2.12. The third-order valence-corrected chi connectivity index (χ3v) is 8.34. The largest absolute Gasteiger partial charge is 0.486 e. The molecule has 4 aromatic carbocycles. The van der Waals surface area contributed by atoms with Crippen molar-refractivity contribution in [2.45, 2.75) is 13.2 Å². The van der Waals surface area contributed by atoms with E-state index < -0.39 is 17.4 Å². The maximum absolute atomic E-state index is 12.4. The Labute approximate surface area is 297 Å². The van der Waals surface area contributed by atoms with Gasteiger partial charge in [0.25, 0.3) is 0 Å². The van der Waals surface area contributed by atoms with Gasteiger partial charge in [0.15, 0.2) is 22.4 Å². The number of carbonyl (C=O) groups is 2. The maximum atomic E-state index is 12.4. The second kappa shape index (κ2) is 15.9. The first-order valence-electron chi connectivity index (χ1n) is 14.5. The highest BCUT2D eigenvalue weighted by Gasteiger charge is 2.19. The summed E-state index contributed by atoms with van der Waals surface area (Å²) in [7, 11) is 2.49. The van der Waals surface area contributed by atoms with Gasteiger partial charge in [0.1, 0.15) is 24.6 Å². The number of halogens is 3. The molecule has 2 aromatic heterocycles. The molecule has 49 heavy (non-hydrogen) atoms. The topological polar surface area (TPSA) is 137 Å². The van der Waals surface area contributed by atoms with E-state index in [1.54, 1.807) is 12.1 Å². The average molecular weight is 766 g/mol. The zero-order valence-corrected chi connectivity index (χ0v) is 29.1. The quantitative estimate of drug-likeness (QED) is 0.150. The predicted octanol–water partition coefficient (Wildman–Crippen LogP) is 7.86. The summed E-state index contributed by atoms with van der Waals surface area (Å²) in [5, 5.41) is 1.03. The van der Waals surface area contributed by atoms with E-state index in [4.69, 9.17) is 32.7 Å². The van der Waals surface area contributed by atoms with Gasteiger partial charge in [-0.1, -0.05) is 83.9 Å². The van der Waals surface area contributed by atoms with Gasteiger partial charge in [-0.15, -0.1) is 0 Å². The first-order valence-corrected chi connectivity index (χ1v) is 16.1. The summed E-state index contributed by atoms with van der Waals surface area (Å²) in [5.74, 6) is -0.570. The number of rotatable bonds is 8. The van der Waals surface area contributed by atoms with Gasteiger partial charge in [-0.2, -0.15) is 0 Å². The van der Waals surface area contributed by atoms with Crippen molar-refractivity contribution in [3.8, 4) is 11.5 Å². The molecule has 0 unspecified atom stereocenters. The van der Waals surface area contributed by atoms with Gasteiger partial charge in [-0.3, -0.25) is 9.59 Å². The van der Waals surface area contributed by atoms with E-state index in [1.807, 2.05) is 60.7 Å². The summed E-state index contributed by atoms with van der Waals surface area (Å²) in [4.78, 5) is 53.9. The van der Waals surface area contributed by atoms with Gasteiger partial charge in [0, 0.05) is 17.5 Å². The smallest absolute Gasteiger partial charge is 0.354 e. The van der Waals surface area contributed by atoms with Gasteiger partial charge >= 0.3 is 11.9 Å². The zero-order chi connectivity index (χ0) is 35.1. The molecule has 13 heteroatoms. The molecule has 0 fully saturated rings. The van der Waals surface area contributed by atoms with Crippen LogP contribution in [-0.4, -0.2) is 36.1 Å². The molecule has 6 aromatic rings. The first kappa shape index (κ1) is 35.2. The number of fused-ring (bicyclic) bond motifs is 2. The second-order valence-corrected chi connectivity index (χ2v) is 12.0. The van der Waals surface area contributed by atoms with Gasteiger partial charge in [-0.05, 0) is 45.3 Å². The minimum absolute atomic E-state index is 0.0112. The molecule has 6 rings (SSSR count). The van der Waals surface area contributed by atoms with E-state index in [1.165, 1.54) is 26.4 Å². The number of carbonyl (C=O) groups excluding carboxylic acids is 2. The van der Waals surface area contributed by atoms with Crippen LogP contribution in [0.15, 0.2) is 105 Å². The number of esters is 2. The first-order chi connectivity index (χ1) is 23.6. The molecule has 0 amide bonds. The van der Waals surface area contributed by atoms with Crippen LogP contribution in [0.25, 0.3) is 21.8 Å². The number of pyridine rings is 2. The number of nitrogens with one attached hydrogen (secondary N) is 2. The molecule has 10 nitrogen and oxygen atoms in total. The van der Waals surface area contributed by atoms with Crippen molar-refractivity contribution < 1.29 is 28.5 Å². The molecule has 0 radical (unpaired) electrons. The van der Waals surface area contributed by atoms with E-state index in [2.05, 4.69) is 35.4 Å². The van der Waals surface area contributed by atoms with Crippen LogP contribution >= 0.6 is 39.1 Å². The minimum atomic E-state index is -0.677. The zero-order valence-electron chi connectivity index (χ0n) is 26.0. The number of methoxy groups -OCH3 is 2. The number of aromatic nitrogens is 2. The Bertz CT molecular complexity index is 2280. The molecule has 0 atom stereocenters. The van der Waals surface area contributed by atoms with Gasteiger partial charge in [0.2, 0.25) is 0 Å². The normalized spacial score (nSPS) is 10.6. The van der Waals surface area contributed by atoms with Crippen molar-refractivity contribution >= 4 is 72.9 Å². The molecule has 0 spiro atoms. The molecule has 0 aliphatic heterocycles. The molecule has 0 saturated carbocycles. The molecule has 2 heterocycles. The Morgan fingerprint density at radius 1 is 0.653 bits per heavy atom. The summed E-state index contributed by atoms with van der Waals surface area (Å²) in [6, 6.07) is 26.4. The summed E-state index contributed by atoms with van der Waals surface area (Å²) >= 11 is 15.8. The van der Waals surface area contributed by atoms with Crippen molar-refractivity contribution in [3.63, 3.8) is 0 Å². The SMILES string of the molecule is COC(=O)c1cc(=O)c2c(Cl)cc(Cl)c(OCc3ccccc3)c2[nH]1.COC(=O)c1cc(=O)c2ccc(Br)c(OCc3ccccc3)c2[nH]1. The van der Waals surface area contributed by atoms with Crippen molar-refractivity contribution in [1.29, 1.82) is 0 Å². The Morgan fingerprint density at radius 2 is 1.16 bits per heavy atom. The van der Waals surface area contributed by atoms with Crippen LogP contribution in [0.3, 0.4) is 0 Å². The monoisotopic (exact) mass is 764 g/mol. The minimum Gasteiger partial charge on any atom is -0.486 e. The van der Waals surface area contributed by atoms with Crippen LogP contribution in [-0.2, 0) is 22.7 Å². The van der Waals surface area contributed by atoms with E-state index in [9.17, 15) is 19.2 Å². The Kier molecular flexibility index (Phi) is 11.4. The Morgan fingerprint density at radius 3 is 1.71 bits per heavy atom. The van der Waals surface area contributed by atoms with Crippen LogP contribution in [0.4, 0.5) is 0 Å². The van der Waals surface area contributed by atoms with Crippen LogP contribution < -0.4 is 20.3 Å². The molecule has 250 valence electrons. The Balaban J connectivity index is 0.000000191. The lowest BCUT2D eigenvalue weighted by atomic mass is 10.1. The van der Waals surface area contributed by atoms with Crippen LogP contribution in [0.5, 0.6) is 11.5 Å². The standard InChI is InChI=1S/C18H14BrNO4.C18H13Cl2NO4/c1-23-18(22)14-9-15(21)12-7-8-13(19)17(16(12)20-14)24-10-11-5-3-2-4-6-11;1-24-18(23)13-8-14(22)15-11(19)7-12(20)17(16(15)21-13)25-9-10-5-3-2-4-6-10/h2-9H,10H2,1H3,(H,20,21);2-8H,9H2,1H3,(H,21,22). The van der Waals surface area contributed by atoms with Crippen molar-refractivity contribution in [1.82, 2.24) is 9.97 Å². The highest BCUT2D eigenvalue weighted by atomic mass is 79.9. The molecule has 0 bridgehead atoms. The second-order valence-electron chi connectivity index (χ2n) is 10.3. The average Bonchev–Trinajstić information content (AvgIpc) is 3.11. The van der Waals surface area contributed by atoms with E-state index in [0.717, 1.165) is 17.2 Å². The maximum Gasteiger partial charge on any atom is 0.354 e. The molecule has 2 N–H and O–H groups in total. The third kappa shape index (κ3) is 8.14. The molecular weight excluding hydrogens is 739 g/mol. The van der Waals surface area contributed by atoms with Crippen molar-refractivity contribution in [3.05, 3.63) is 148 Å². The van der Waals surface area contributed by atoms with E-state index in [0.29, 0.717) is 27.7 Å². The number of hydrogen-bond donors (Lipinski definition) is 2. The van der Waals surface area contributed by atoms with Gasteiger partial charge in [-0.25, -0.2) is 9.59 Å². The van der Waals surface area contributed by atoms with Crippen LogP contribution in [0, 0.1) is 0 Å². The third-order valence-electron chi connectivity index (χ3n) is 7.14. The molecule has 0 aliphatic rings. The summed E-state index contributed by atoms with van der Waals surface area (Å²) < 4.78 is 21.7. The van der Waals surface area contributed by atoms with Crippen molar-refractivity contribution in [2.75, 3.05) is 14.2 Å². The highest BCUT2D eigenvalue weighted by Crippen LogP contribution is 2.36. The summed E-state index contributed by atoms with van der Waals surface area (Å²) in [6.07, 6.45) is 0. The number of hydrogen-bond acceptors (Lipinski definition) is 8. The fraction of sp³-hybridized carbons (Fsp3) is 0.111. The fourth-order valence-corrected chi connectivity index (χ4v) is 5.84. The molecular formula is C36H27BrCl2N2O8. The number of H-pyrrole nitrogens is 2. The van der Waals surface area contributed by atoms with Gasteiger partial charge < -0.3 is 28.9 Å². The molecule has 0 saturated heterocycles. The van der Waals surface area contributed by atoms with Crippen LogP contribution in [0.1, 0.15) is 32.1 Å². The molecule has 0 aliphatic carbocycles. The predicted molar refractivity (Wildman–Crippen MR) is 191 cm³/mol. The number of aromatic amines is 2. The fourth-order valence-electron chi connectivity index (χ4n) is 4.78. The van der Waals surface area contributed by atoms with Crippen LogP contribution in [0.2, 0.25) is 10.0 Å². The summed E-state index contributed by atoms with van der Waals surface area (Å²) in [5.41, 5.74) is 1.98. The lowest BCUT2D eigenvalue weighted by molar-refractivity contribution is 0.0585. The van der Waals surface area contributed by atoms with E-state index >= 15 is 0 Å². The summed E-state index contributed by atoms with van der Waals surface area (Å²) in [6.45, 7) is 0.574. The highest BCUT2D eigenvalue weighted by molar-refractivity contribution is 9.10.